The molecule has 1 N–H and O–H groups in total. The van der Waals surface area contributed by atoms with E-state index >= 15 is 0 Å². The Hall–Kier alpha value is -2.82. The van der Waals surface area contributed by atoms with Crippen molar-refractivity contribution in [3.63, 3.8) is 0 Å². The molecule has 5 heteroatoms. The van der Waals surface area contributed by atoms with Crippen molar-refractivity contribution in [3.05, 3.63) is 59.7 Å². The summed E-state index contributed by atoms with van der Waals surface area (Å²) >= 11 is 0. The number of nitrogens with one attached hydrogen (secondary N) is 1. The van der Waals surface area contributed by atoms with Gasteiger partial charge in [-0.1, -0.05) is 56.2 Å². The highest BCUT2D eigenvalue weighted by molar-refractivity contribution is 6.01. The van der Waals surface area contributed by atoms with E-state index in [-0.39, 0.29) is 12.3 Å². The first-order valence-electron chi connectivity index (χ1n) is 9.29. The van der Waals surface area contributed by atoms with Crippen LogP contribution in [0.15, 0.2) is 53.6 Å². The molecule has 0 aliphatic rings. The van der Waals surface area contributed by atoms with Crippen LogP contribution in [0.1, 0.15) is 43.7 Å². The van der Waals surface area contributed by atoms with Crippen molar-refractivity contribution in [1.29, 1.82) is 0 Å². The smallest absolute Gasteiger partial charge is 0.244 e. The summed E-state index contributed by atoms with van der Waals surface area (Å²) in [6.07, 6.45) is 4.41. The molecule has 2 rings (SSSR count). The number of hydrogen-bond acceptors (Lipinski definition) is 4. The standard InChI is InChI=1S/C22H28N2O3/c1-4-5-7-12-19(18-10-8-6-9-11-18)23-24-22(25)16-17-13-14-20(26-2)21(15-17)27-3/h6,8-11,13-15H,4-5,7,12,16H2,1-3H3,(H,24,25). The highest BCUT2D eigenvalue weighted by atomic mass is 16.5. The lowest BCUT2D eigenvalue weighted by atomic mass is 10.0. The monoisotopic (exact) mass is 368 g/mol. The number of hydrogen-bond donors (Lipinski definition) is 1. The maximum absolute atomic E-state index is 12.3. The molecule has 144 valence electrons. The molecule has 0 fully saturated rings. The molecule has 0 unspecified atom stereocenters. The van der Waals surface area contributed by atoms with Crippen molar-refractivity contribution in [2.45, 2.75) is 39.0 Å². The van der Waals surface area contributed by atoms with Gasteiger partial charge < -0.3 is 9.47 Å². The van der Waals surface area contributed by atoms with Crippen LogP contribution in [0.5, 0.6) is 11.5 Å². The average molecular weight is 368 g/mol. The first-order chi connectivity index (χ1) is 13.2. The van der Waals surface area contributed by atoms with E-state index in [1.165, 1.54) is 0 Å². The summed E-state index contributed by atoms with van der Waals surface area (Å²) in [6.45, 7) is 2.17. The number of unbranched alkanes of at least 4 members (excludes halogenated alkanes) is 2. The number of methoxy groups -OCH3 is 2. The molecule has 2 aromatic carbocycles. The Morgan fingerprint density at radius 1 is 1.00 bits per heavy atom. The van der Waals surface area contributed by atoms with E-state index in [0.717, 1.165) is 42.5 Å². The molecule has 5 nitrogen and oxygen atoms in total. The molecule has 0 aromatic heterocycles. The molecule has 0 saturated carbocycles. The van der Waals surface area contributed by atoms with E-state index in [9.17, 15) is 4.79 Å². The zero-order valence-corrected chi connectivity index (χ0v) is 16.3. The van der Waals surface area contributed by atoms with Gasteiger partial charge >= 0.3 is 0 Å². The van der Waals surface area contributed by atoms with Gasteiger partial charge in [0.05, 0.1) is 26.4 Å². The predicted molar refractivity (Wildman–Crippen MR) is 109 cm³/mol. The fourth-order valence-corrected chi connectivity index (χ4v) is 2.78. The fraction of sp³-hybridized carbons (Fsp3) is 0.364. The number of nitrogens with zero attached hydrogens (tertiary/aromatic N) is 1. The third kappa shape index (κ3) is 6.44. The summed E-state index contributed by atoms with van der Waals surface area (Å²) < 4.78 is 10.5. The summed E-state index contributed by atoms with van der Waals surface area (Å²) in [5, 5.41) is 4.40. The summed E-state index contributed by atoms with van der Waals surface area (Å²) in [7, 11) is 3.16. The van der Waals surface area contributed by atoms with Gasteiger partial charge in [-0.3, -0.25) is 4.79 Å². The molecular weight excluding hydrogens is 340 g/mol. The van der Waals surface area contributed by atoms with Crippen LogP contribution in [0.3, 0.4) is 0 Å². The number of benzene rings is 2. The van der Waals surface area contributed by atoms with Gasteiger partial charge in [0.2, 0.25) is 5.91 Å². The van der Waals surface area contributed by atoms with Gasteiger partial charge in [-0.05, 0) is 36.1 Å². The highest BCUT2D eigenvalue weighted by Gasteiger charge is 2.09. The number of carbonyl (C=O) groups excluding carboxylic acids is 1. The quantitative estimate of drug-likeness (QED) is 0.385. The summed E-state index contributed by atoms with van der Waals surface area (Å²) in [5.41, 5.74) is 5.49. The number of hydrazone groups is 1. The molecule has 1 amide bonds. The maximum Gasteiger partial charge on any atom is 0.244 e. The van der Waals surface area contributed by atoms with Crippen molar-refractivity contribution in [2.75, 3.05) is 14.2 Å². The van der Waals surface area contributed by atoms with Crippen molar-refractivity contribution >= 4 is 11.6 Å². The van der Waals surface area contributed by atoms with Crippen LogP contribution < -0.4 is 14.9 Å². The van der Waals surface area contributed by atoms with E-state index in [0.29, 0.717) is 11.5 Å². The molecule has 27 heavy (non-hydrogen) atoms. The molecule has 0 heterocycles. The third-order valence-electron chi connectivity index (χ3n) is 4.25. The topological polar surface area (TPSA) is 59.9 Å². The Balaban J connectivity index is 2.05. The first-order valence-corrected chi connectivity index (χ1v) is 9.29. The molecule has 2 aromatic rings. The molecule has 0 saturated heterocycles. The van der Waals surface area contributed by atoms with Crippen LogP contribution in [0.4, 0.5) is 0 Å². The molecule has 0 radical (unpaired) electrons. The number of rotatable bonds is 10. The lowest BCUT2D eigenvalue weighted by Gasteiger charge is -2.10. The van der Waals surface area contributed by atoms with Gasteiger partial charge in [0, 0.05) is 0 Å². The van der Waals surface area contributed by atoms with Crippen molar-refractivity contribution in [3.8, 4) is 11.5 Å². The van der Waals surface area contributed by atoms with E-state index in [1.807, 2.05) is 42.5 Å². The second-order valence-electron chi connectivity index (χ2n) is 6.28. The van der Waals surface area contributed by atoms with E-state index in [4.69, 9.17) is 9.47 Å². The van der Waals surface area contributed by atoms with Crippen molar-refractivity contribution in [2.24, 2.45) is 5.10 Å². The first kappa shape index (κ1) is 20.5. The Bertz CT molecular complexity index is 757. The van der Waals surface area contributed by atoms with Gasteiger partial charge in [0.1, 0.15) is 0 Å². The van der Waals surface area contributed by atoms with Crippen LogP contribution >= 0.6 is 0 Å². The zero-order valence-electron chi connectivity index (χ0n) is 16.3. The lowest BCUT2D eigenvalue weighted by molar-refractivity contribution is -0.120. The number of carbonyl (C=O) groups is 1. The van der Waals surface area contributed by atoms with Crippen molar-refractivity contribution < 1.29 is 14.3 Å². The molecule has 0 atom stereocenters. The molecule has 0 aliphatic carbocycles. The lowest BCUT2D eigenvalue weighted by Crippen LogP contribution is -2.22. The van der Waals surface area contributed by atoms with Gasteiger partial charge in [-0.2, -0.15) is 5.10 Å². The number of amides is 1. The maximum atomic E-state index is 12.3. The molecule has 0 aliphatic heterocycles. The highest BCUT2D eigenvalue weighted by Crippen LogP contribution is 2.27. The van der Waals surface area contributed by atoms with Gasteiger partial charge in [-0.25, -0.2) is 5.43 Å². The average Bonchev–Trinajstić information content (AvgIpc) is 2.71. The Morgan fingerprint density at radius 2 is 1.74 bits per heavy atom. The molecule has 0 spiro atoms. The summed E-state index contributed by atoms with van der Waals surface area (Å²) in [4.78, 5) is 12.3. The van der Waals surface area contributed by atoms with Crippen LogP contribution in [0.2, 0.25) is 0 Å². The van der Waals surface area contributed by atoms with Crippen LogP contribution in [0.25, 0.3) is 0 Å². The third-order valence-corrected chi connectivity index (χ3v) is 4.25. The van der Waals surface area contributed by atoms with Crippen LogP contribution in [-0.2, 0) is 11.2 Å². The second kappa shape index (κ2) is 11.0. The van der Waals surface area contributed by atoms with E-state index < -0.39 is 0 Å². The number of ether oxygens (including phenoxy) is 2. The molecular formula is C22H28N2O3. The minimum absolute atomic E-state index is 0.161. The Labute approximate surface area is 161 Å². The van der Waals surface area contributed by atoms with Gasteiger partial charge in [-0.15, -0.1) is 0 Å². The summed E-state index contributed by atoms with van der Waals surface area (Å²) in [6, 6.07) is 15.4. The Kier molecular flexibility index (Phi) is 8.36. The van der Waals surface area contributed by atoms with Crippen LogP contribution in [0, 0.1) is 0 Å². The summed E-state index contributed by atoms with van der Waals surface area (Å²) in [5.74, 6) is 1.09. The Morgan fingerprint density at radius 3 is 2.41 bits per heavy atom. The van der Waals surface area contributed by atoms with E-state index in [1.54, 1.807) is 20.3 Å². The largest absolute Gasteiger partial charge is 0.493 e. The normalized spacial score (nSPS) is 11.1. The molecule has 0 bridgehead atoms. The van der Waals surface area contributed by atoms with Crippen molar-refractivity contribution in [1.82, 2.24) is 5.43 Å². The zero-order chi connectivity index (χ0) is 19.5. The van der Waals surface area contributed by atoms with Gasteiger partial charge in [0.15, 0.2) is 11.5 Å². The van der Waals surface area contributed by atoms with Gasteiger partial charge in [0.25, 0.3) is 0 Å². The minimum Gasteiger partial charge on any atom is -0.493 e. The second-order valence-corrected chi connectivity index (χ2v) is 6.28. The SMILES string of the molecule is CCCCCC(=NNC(=O)Cc1ccc(OC)c(OC)c1)c1ccccc1. The fourth-order valence-electron chi connectivity index (χ4n) is 2.78. The predicted octanol–water partition coefficient (Wildman–Crippen LogP) is 4.35. The van der Waals surface area contributed by atoms with Crippen LogP contribution in [-0.4, -0.2) is 25.8 Å². The van der Waals surface area contributed by atoms with E-state index in [2.05, 4.69) is 17.5 Å². The minimum atomic E-state index is -0.161.